The summed E-state index contributed by atoms with van der Waals surface area (Å²) in [6.07, 6.45) is 2.31. The minimum atomic E-state index is -4.14. The summed E-state index contributed by atoms with van der Waals surface area (Å²) in [4.78, 5) is 5.00. The molecule has 13 heteroatoms. The van der Waals surface area contributed by atoms with Gasteiger partial charge in [-0.15, -0.1) is 22.0 Å². The molecule has 0 spiro atoms. The van der Waals surface area contributed by atoms with Gasteiger partial charge in [-0.25, -0.2) is 13.9 Å². The van der Waals surface area contributed by atoms with E-state index in [1.807, 2.05) is 6.07 Å². The fraction of sp³-hybridized carbons (Fsp3) is 0.227. The van der Waals surface area contributed by atoms with Gasteiger partial charge in [-0.3, -0.25) is 9.99 Å². The van der Waals surface area contributed by atoms with Crippen LogP contribution in [0.4, 0.5) is 17.6 Å². The standard InChI is InChI=1S/C22H18F4N6O2S/c1-31-13-29-32(30-31)12-21(33,18-6-2-14(23)8-19(18)24)22(25,26)20-7-3-15(10-28-20)34-11-17-5-4-16(9-27)35-17/h2-8,10,13,30,33H,11-12H2,1H3. The molecule has 0 aliphatic carbocycles. The van der Waals surface area contributed by atoms with Crippen LogP contribution in [0, 0.1) is 23.0 Å². The lowest BCUT2D eigenvalue weighted by atomic mass is 9.84. The number of benzene rings is 1. The van der Waals surface area contributed by atoms with E-state index in [4.69, 9.17) is 10.00 Å². The number of pyridine rings is 1. The Morgan fingerprint density at radius 1 is 1.20 bits per heavy atom. The molecule has 1 atom stereocenters. The summed E-state index contributed by atoms with van der Waals surface area (Å²) in [5, 5.41) is 26.2. The molecule has 0 fully saturated rings. The summed E-state index contributed by atoms with van der Waals surface area (Å²) < 4.78 is 65.2. The maximum Gasteiger partial charge on any atom is 0.323 e. The molecule has 3 heterocycles. The highest BCUT2D eigenvalue weighted by Gasteiger charge is 2.58. The van der Waals surface area contributed by atoms with Gasteiger partial charge in [0.1, 0.15) is 47.0 Å². The quantitative estimate of drug-likeness (QED) is 0.452. The molecule has 8 nitrogen and oxygen atoms in total. The first kappa shape index (κ1) is 24.4. The van der Waals surface area contributed by atoms with Crippen LogP contribution < -0.4 is 10.3 Å². The average molecular weight is 506 g/mol. The Morgan fingerprint density at radius 2 is 2.00 bits per heavy atom. The number of hydrazine groups is 2. The minimum Gasteiger partial charge on any atom is -0.486 e. The molecule has 2 N–H and O–H groups in total. The molecule has 182 valence electrons. The van der Waals surface area contributed by atoms with Gasteiger partial charge in [0, 0.05) is 23.6 Å². The lowest BCUT2D eigenvalue weighted by Gasteiger charge is -2.38. The van der Waals surface area contributed by atoms with Crippen molar-refractivity contribution in [3.63, 3.8) is 0 Å². The summed E-state index contributed by atoms with van der Waals surface area (Å²) in [6.45, 7) is -0.802. The Labute approximate surface area is 201 Å². The number of nitriles is 1. The van der Waals surface area contributed by atoms with Gasteiger partial charge >= 0.3 is 5.92 Å². The third-order valence-electron chi connectivity index (χ3n) is 5.12. The highest BCUT2D eigenvalue weighted by Crippen LogP contribution is 2.46. The van der Waals surface area contributed by atoms with Gasteiger partial charge in [0.15, 0.2) is 5.60 Å². The third kappa shape index (κ3) is 4.90. The molecule has 0 bridgehead atoms. The summed E-state index contributed by atoms with van der Waals surface area (Å²) in [5.41, 5.74) is -2.31. The van der Waals surface area contributed by atoms with Gasteiger partial charge in [-0.2, -0.15) is 14.0 Å². The zero-order valence-electron chi connectivity index (χ0n) is 18.1. The van der Waals surface area contributed by atoms with E-state index >= 15 is 8.78 Å². The lowest BCUT2D eigenvalue weighted by molar-refractivity contribution is -0.212. The molecule has 0 amide bonds. The van der Waals surface area contributed by atoms with Crippen molar-refractivity contribution in [3.8, 4) is 11.8 Å². The van der Waals surface area contributed by atoms with Crippen LogP contribution in [0.1, 0.15) is 21.0 Å². The number of nitrogens with one attached hydrogen (secondary N) is 1. The Bertz CT molecular complexity index is 1280. The maximum atomic E-state index is 15.8. The fourth-order valence-electron chi connectivity index (χ4n) is 3.38. The number of rotatable bonds is 8. The lowest BCUT2D eigenvalue weighted by Crippen LogP contribution is -2.54. The molecule has 1 unspecified atom stereocenters. The molecule has 4 rings (SSSR count). The van der Waals surface area contributed by atoms with Crippen molar-refractivity contribution >= 4 is 17.7 Å². The molecule has 0 saturated carbocycles. The minimum absolute atomic E-state index is 0.0979. The van der Waals surface area contributed by atoms with E-state index in [9.17, 15) is 13.9 Å². The van der Waals surface area contributed by atoms with Gasteiger partial charge in [0.25, 0.3) is 0 Å². The molecule has 0 radical (unpaired) electrons. The third-order valence-corrected chi connectivity index (χ3v) is 6.09. The summed E-state index contributed by atoms with van der Waals surface area (Å²) in [7, 11) is 1.54. The highest BCUT2D eigenvalue weighted by atomic mass is 32.1. The van der Waals surface area contributed by atoms with Gasteiger partial charge in [-0.1, -0.05) is 0 Å². The van der Waals surface area contributed by atoms with Crippen molar-refractivity contribution in [3.05, 3.63) is 81.3 Å². The molecule has 1 aliphatic rings. The van der Waals surface area contributed by atoms with Gasteiger partial charge in [-0.05, 0) is 36.4 Å². The van der Waals surface area contributed by atoms with Crippen molar-refractivity contribution in [2.24, 2.45) is 5.10 Å². The van der Waals surface area contributed by atoms with Crippen LogP contribution in [0.5, 0.6) is 5.75 Å². The predicted octanol–water partition coefficient (Wildman–Crippen LogP) is 3.46. The topological polar surface area (TPSA) is 97.0 Å². The molecule has 1 aliphatic heterocycles. The van der Waals surface area contributed by atoms with Crippen LogP contribution in [-0.2, 0) is 18.1 Å². The van der Waals surface area contributed by atoms with Crippen LogP contribution in [0.2, 0.25) is 0 Å². The van der Waals surface area contributed by atoms with E-state index in [-0.39, 0.29) is 12.4 Å². The largest absolute Gasteiger partial charge is 0.486 e. The molecule has 3 aromatic rings. The van der Waals surface area contributed by atoms with E-state index in [1.54, 1.807) is 12.1 Å². The molecule has 35 heavy (non-hydrogen) atoms. The highest BCUT2D eigenvalue weighted by molar-refractivity contribution is 7.12. The van der Waals surface area contributed by atoms with Crippen molar-refractivity contribution in [1.82, 2.24) is 20.6 Å². The number of aliphatic hydroxyl groups is 1. The summed E-state index contributed by atoms with van der Waals surface area (Å²) in [6, 6.07) is 9.49. The van der Waals surface area contributed by atoms with Gasteiger partial charge < -0.3 is 9.84 Å². The van der Waals surface area contributed by atoms with E-state index < -0.39 is 41.0 Å². The number of hydrogen-bond acceptors (Lipinski definition) is 9. The predicted molar refractivity (Wildman–Crippen MR) is 118 cm³/mol. The second-order valence-electron chi connectivity index (χ2n) is 7.60. The number of nitrogens with zero attached hydrogens (tertiary/aromatic N) is 5. The molecule has 2 aromatic heterocycles. The zero-order valence-corrected chi connectivity index (χ0v) is 18.9. The smallest absolute Gasteiger partial charge is 0.323 e. The molecular weight excluding hydrogens is 488 g/mol. The Morgan fingerprint density at radius 3 is 2.60 bits per heavy atom. The zero-order chi connectivity index (χ0) is 25.2. The molecule has 0 saturated heterocycles. The summed E-state index contributed by atoms with van der Waals surface area (Å²) in [5.74, 6) is -6.31. The van der Waals surface area contributed by atoms with Crippen LogP contribution in [0.15, 0.2) is 53.8 Å². The first-order chi connectivity index (χ1) is 16.6. The Balaban J connectivity index is 1.61. The number of β-amino-alcohol motifs (C(OH)–C–C–N with tert-alkyl or cyclic N) is 1. The fourth-order valence-corrected chi connectivity index (χ4v) is 4.10. The van der Waals surface area contributed by atoms with Crippen molar-refractivity contribution in [2.75, 3.05) is 13.6 Å². The molecular formula is C22H18F4N6O2S. The number of hydrazone groups is 1. The first-order valence-corrected chi connectivity index (χ1v) is 10.9. The van der Waals surface area contributed by atoms with E-state index in [2.05, 4.69) is 15.6 Å². The van der Waals surface area contributed by atoms with Crippen LogP contribution in [0.25, 0.3) is 0 Å². The number of aromatic nitrogens is 1. The maximum absolute atomic E-state index is 15.8. The number of ether oxygens (including phenoxy) is 1. The molecule has 1 aromatic carbocycles. The van der Waals surface area contributed by atoms with Gasteiger partial charge in [0.05, 0.1) is 12.7 Å². The van der Waals surface area contributed by atoms with E-state index in [1.165, 1.54) is 35.8 Å². The van der Waals surface area contributed by atoms with Crippen LogP contribution in [0.3, 0.4) is 0 Å². The SMILES string of the molecule is CN1C=NN(CC(O)(c2ccc(F)cc2F)C(F)(F)c2ccc(OCc3ccc(C#N)s3)cn2)N1. The number of hydrogen-bond donors (Lipinski definition) is 2. The van der Waals surface area contributed by atoms with Crippen molar-refractivity contribution in [2.45, 2.75) is 18.1 Å². The van der Waals surface area contributed by atoms with Gasteiger partial charge in [0.2, 0.25) is 0 Å². The second-order valence-corrected chi connectivity index (χ2v) is 8.77. The van der Waals surface area contributed by atoms with Crippen molar-refractivity contribution < 1.29 is 27.4 Å². The number of halogens is 4. The summed E-state index contributed by atoms with van der Waals surface area (Å²) >= 11 is 1.23. The van der Waals surface area contributed by atoms with E-state index in [0.717, 1.165) is 34.4 Å². The Hall–Kier alpha value is -3.73. The van der Waals surface area contributed by atoms with Crippen LogP contribution in [-0.4, -0.2) is 40.1 Å². The first-order valence-electron chi connectivity index (χ1n) is 10.1. The number of alkyl halides is 2. The van der Waals surface area contributed by atoms with E-state index in [0.29, 0.717) is 10.9 Å². The normalized spacial score (nSPS) is 15.2. The monoisotopic (exact) mass is 506 g/mol. The second kappa shape index (κ2) is 9.49. The average Bonchev–Trinajstić information content (AvgIpc) is 3.46. The van der Waals surface area contributed by atoms with Crippen molar-refractivity contribution in [1.29, 1.82) is 5.26 Å². The van der Waals surface area contributed by atoms with Crippen LogP contribution >= 0.6 is 11.3 Å². The number of thiophene rings is 1. The Kier molecular flexibility index (Phi) is 6.62.